The number of hydrogen-bond donors (Lipinski definition) is 0. The van der Waals surface area contributed by atoms with Gasteiger partial charge in [-0.25, -0.2) is 13.4 Å². The van der Waals surface area contributed by atoms with E-state index in [0.717, 1.165) is 45.2 Å². The number of benzene rings is 1. The van der Waals surface area contributed by atoms with Crippen molar-refractivity contribution in [3.8, 4) is 0 Å². The first-order valence-corrected chi connectivity index (χ1v) is 7.22. The first-order chi connectivity index (χ1) is 10.7. The van der Waals surface area contributed by atoms with Crippen molar-refractivity contribution in [2.75, 3.05) is 7.05 Å². The molecule has 2 rings (SSSR count). The van der Waals surface area contributed by atoms with Crippen LogP contribution in [0.15, 0.2) is 46.2 Å². The normalized spacial score (nSPS) is 13.3. The van der Waals surface area contributed by atoms with Crippen molar-refractivity contribution >= 4 is 11.9 Å². The molecule has 0 saturated heterocycles. The number of aromatic nitrogens is 2. The molecule has 1 aromatic carbocycles. The summed E-state index contributed by atoms with van der Waals surface area (Å²) in [4.78, 5) is 11.8. The fourth-order valence-corrected chi connectivity index (χ4v) is 2.90. The Morgan fingerprint density at radius 1 is 1.26 bits per heavy atom. The van der Waals surface area contributed by atoms with Crippen LogP contribution in [0.25, 0.3) is 0 Å². The minimum absolute atomic E-state index is 0.0920. The SMILES string of the molecule is CN(Sc1cnn(C)c(=O)c1)C(c1ccc(F)cc1)C(F)(F)F. The van der Waals surface area contributed by atoms with Crippen LogP contribution in [0.2, 0.25) is 0 Å². The van der Waals surface area contributed by atoms with Crippen LogP contribution in [0.1, 0.15) is 11.6 Å². The van der Waals surface area contributed by atoms with E-state index in [1.807, 2.05) is 0 Å². The van der Waals surface area contributed by atoms with Gasteiger partial charge in [0.2, 0.25) is 0 Å². The van der Waals surface area contributed by atoms with Gasteiger partial charge in [-0.15, -0.1) is 0 Å². The van der Waals surface area contributed by atoms with Gasteiger partial charge in [0.05, 0.1) is 6.20 Å². The second-order valence-electron chi connectivity index (χ2n) is 4.79. The molecule has 124 valence electrons. The Bertz CT molecular complexity index is 730. The number of rotatable bonds is 4. The highest BCUT2D eigenvalue weighted by Gasteiger charge is 2.44. The third-order valence-electron chi connectivity index (χ3n) is 3.05. The molecule has 4 nitrogen and oxygen atoms in total. The lowest BCUT2D eigenvalue weighted by molar-refractivity contribution is -0.169. The lowest BCUT2D eigenvalue weighted by Gasteiger charge is -2.29. The number of alkyl halides is 3. The lowest BCUT2D eigenvalue weighted by atomic mass is 10.1. The number of nitrogens with zero attached hydrogens (tertiary/aromatic N) is 3. The maximum Gasteiger partial charge on any atom is 0.408 e. The molecule has 0 radical (unpaired) electrons. The highest BCUT2D eigenvalue weighted by atomic mass is 32.2. The molecule has 0 bridgehead atoms. The minimum Gasteiger partial charge on any atom is -0.268 e. The summed E-state index contributed by atoms with van der Waals surface area (Å²) in [6.07, 6.45) is -3.26. The Morgan fingerprint density at radius 3 is 2.39 bits per heavy atom. The van der Waals surface area contributed by atoms with Crippen LogP contribution in [0.5, 0.6) is 0 Å². The third kappa shape index (κ3) is 4.32. The number of hydrogen-bond acceptors (Lipinski definition) is 4. The zero-order valence-electron chi connectivity index (χ0n) is 12.2. The van der Waals surface area contributed by atoms with Gasteiger partial charge in [0, 0.05) is 18.0 Å². The molecule has 23 heavy (non-hydrogen) atoms. The molecule has 9 heteroatoms. The molecular weight excluding hydrogens is 334 g/mol. The lowest BCUT2D eigenvalue weighted by Crippen LogP contribution is -2.32. The van der Waals surface area contributed by atoms with E-state index in [1.165, 1.54) is 26.4 Å². The van der Waals surface area contributed by atoms with Gasteiger partial charge >= 0.3 is 6.18 Å². The van der Waals surface area contributed by atoms with Crippen molar-refractivity contribution in [1.29, 1.82) is 0 Å². The van der Waals surface area contributed by atoms with Crippen LogP contribution < -0.4 is 5.56 Å². The Balaban J connectivity index is 2.30. The third-order valence-corrected chi connectivity index (χ3v) is 3.98. The molecule has 0 fully saturated rings. The van der Waals surface area contributed by atoms with Gasteiger partial charge in [0.15, 0.2) is 0 Å². The van der Waals surface area contributed by atoms with Crippen molar-refractivity contribution < 1.29 is 17.6 Å². The summed E-state index contributed by atoms with van der Waals surface area (Å²) in [5, 5.41) is 3.76. The summed E-state index contributed by atoms with van der Waals surface area (Å²) >= 11 is 0.744. The summed E-state index contributed by atoms with van der Waals surface area (Å²) < 4.78 is 55.1. The molecule has 1 heterocycles. The number of halogens is 4. The van der Waals surface area contributed by atoms with E-state index >= 15 is 0 Å². The second-order valence-corrected chi connectivity index (χ2v) is 6.02. The van der Waals surface area contributed by atoms with Crippen molar-refractivity contribution in [2.45, 2.75) is 17.1 Å². The fourth-order valence-electron chi connectivity index (χ4n) is 1.97. The van der Waals surface area contributed by atoms with Gasteiger partial charge in [0.25, 0.3) is 5.56 Å². The Hall–Kier alpha value is -1.87. The van der Waals surface area contributed by atoms with Crippen molar-refractivity contribution in [1.82, 2.24) is 14.1 Å². The van der Waals surface area contributed by atoms with Crippen LogP contribution in [0, 0.1) is 5.82 Å². The first kappa shape index (κ1) is 17.5. The monoisotopic (exact) mass is 347 g/mol. The quantitative estimate of drug-likeness (QED) is 0.629. The van der Waals surface area contributed by atoms with Gasteiger partial charge < -0.3 is 0 Å². The predicted molar refractivity (Wildman–Crippen MR) is 78.3 cm³/mol. The molecule has 0 spiro atoms. The van der Waals surface area contributed by atoms with E-state index in [4.69, 9.17) is 0 Å². The zero-order chi connectivity index (χ0) is 17.2. The largest absolute Gasteiger partial charge is 0.408 e. The van der Waals surface area contributed by atoms with E-state index in [1.54, 1.807) is 0 Å². The summed E-state index contributed by atoms with van der Waals surface area (Å²) in [6, 6.07) is 3.39. The van der Waals surface area contributed by atoms with Crippen molar-refractivity contribution in [3.63, 3.8) is 0 Å². The average molecular weight is 347 g/mol. The van der Waals surface area contributed by atoms with Crippen LogP contribution >= 0.6 is 11.9 Å². The Morgan fingerprint density at radius 2 is 1.87 bits per heavy atom. The van der Waals surface area contributed by atoms with E-state index in [2.05, 4.69) is 5.10 Å². The van der Waals surface area contributed by atoms with Crippen molar-refractivity contribution in [3.05, 3.63) is 58.3 Å². The summed E-state index contributed by atoms with van der Waals surface area (Å²) in [6.45, 7) is 0. The summed E-state index contributed by atoms with van der Waals surface area (Å²) in [5.41, 5.74) is -0.514. The van der Waals surface area contributed by atoms with Crippen LogP contribution in [0.3, 0.4) is 0 Å². The van der Waals surface area contributed by atoms with E-state index in [-0.39, 0.29) is 10.5 Å². The first-order valence-electron chi connectivity index (χ1n) is 6.45. The highest BCUT2D eigenvalue weighted by molar-refractivity contribution is 7.97. The molecule has 1 atom stereocenters. The number of aryl methyl sites for hydroxylation is 1. The van der Waals surface area contributed by atoms with E-state index in [0.29, 0.717) is 0 Å². The van der Waals surface area contributed by atoms with Gasteiger partial charge in [-0.1, -0.05) is 12.1 Å². The Kier molecular flexibility index (Phi) is 5.10. The van der Waals surface area contributed by atoms with Crippen molar-refractivity contribution in [2.24, 2.45) is 7.05 Å². The van der Waals surface area contributed by atoms with E-state index < -0.39 is 23.6 Å². The van der Waals surface area contributed by atoms with E-state index in [9.17, 15) is 22.4 Å². The maximum atomic E-state index is 13.4. The highest BCUT2D eigenvalue weighted by Crippen LogP contribution is 2.41. The van der Waals surface area contributed by atoms with Gasteiger partial charge in [0.1, 0.15) is 11.9 Å². The van der Waals surface area contributed by atoms with Crippen LogP contribution in [0.4, 0.5) is 17.6 Å². The maximum absolute atomic E-state index is 13.4. The smallest absolute Gasteiger partial charge is 0.268 e. The molecule has 0 aliphatic heterocycles. The predicted octanol–water partition coefficient (Wildman–Crippen LogP) is 3.16. The molecule has 0 N–H and O–H groups in total. The fraction of sp³-hybridized carbons (Fsp3) is 0.286. The molecular formula is C14H13F4N3OS. The molecule has 1 unspecified atom stereocenters. The molecule has 0 aliphatic rings. The van der Waals surface area contributed by atoms with Gasteiger partial charge in [-0.3, -0.25) is 4.79 Å². The second kappa shape index (κ2) is 6.71. The van der Waals surface area contributed by atoms with Gasteiger partial charge in [-0.2, -0.15) is 18.3 Å². The molecule has 1 aromatic heterocycles. The summed E-state index contributed by atoms with van der Waals surface area (Å²) in [7, 11) is 2.70. The molecule has 0 saturated carbocycles. The topological polar surface area (TPSA) is 38.1 Å². The summed E-state index contributed by atoms with van der Waals surface area (Å²) in [5.74, 6) is -0.610. The average Bonchev–Trinajstić information content (AvgIpc) is 2.44. The van der Waals surface area contributed by atoms with Gasteiger partial charge in [-0.05, 0) is 36.7 Å². The van der Waals surface area contributed by atoms with Crippen LogP contribution in [-0.2, 0) is 7.05 Å². The molecule has 0 aliphatic carbocycles. The zero-order valence-corrected chi connectivity index (χ0v) is 13.0. The molecule has 2 aromatic rings. The minimum atomic E-state index is -4.56. The Labute approximate surface area is 133 Å². The molecule has 0 amide bonds. The standard InChI is InChI=1S/C14H13F4N3OS/c1-20-12(22)7-11(8-19-20)23-21(2)13(14(16,17)18)9-3-5-10(15)6-4-9/h3-8,13H,1-2H3. The van der Waals surface area contributed by atoms with Crippen LogP contribution in [-0.4, -0.2) is 27.3 Å².